The maximum Gasteiger partial charge on any atom is 0.312 e. The number of esters is 1. The lowest BCUT2D eigenvalue weighted by atomic mass is 9.85. The highest BCUT2D eigenvalue weighted by Gasteiger charge is 2.35. The molecule has 1 atom stereocenters. The fraction of sp³-hybridized carbons (Fsp3) is 0.214. The topological polar surface area (TPSA) is 156 Å². The molecule has 0 amide bonds. The van der Waals surface area contributed by atoms with Crippen LogP contribution in [0.15, 0.2) is 51.7 Å². The number of hydrogen-bond donors (Lipinski definition) is 4. The molecule has 0 unspecified atom stereocenters. The van der Waals surface area contributed by atoms with Gasteiger partial charge < -0.3 is 39.1 Å². The summed E-state index contributed by atoms with van der Waals surface area (Å²) in [7, 11) is 1.51. The van der Waals surface area contributed by atoms with Crippen LogP contribution in [0.1, 0.15) is 37.3 Å². The Morgan fingerprint density at radius 2 is 1.68 bits per heavy atom. The van der Waals surface area contributed by atoms with Crippen LogP contribution in [0.2, 0.25) is 0 Å². The molecule has 10 nitrogen and oxygen atoms in total. The molecule has 1 aliphatic rings. The summed E-state index contributed by atoms with van der Waals surface area (Å²) < 4.78 is 22.7. The van der Waals surface area contributed by atoms with Crippen molar-refractivity contribution < 1.29 is 43.8 Å². The maximum atomic E-state index is 13.2. The highest BCUT2D eigenvalue weighted by atomic mass is 16.5. The number of hydrogen-bond acceptors (Lipinski definition) is 10. The molecule has 0 fully saturated rings. The van der Waals surface area contributed by atoms with Crippen LogP contribution in [0.25, 0.3) is 22.3 Å². The number of carbonyl (C=O) groups is 1. The van der Waals surface area contributed by atoms with Gasteiger partial charge in [-0.05, 0) is 49.7 Å². The predicted molar refractivity (Wildman–Crippen MR) is 135 cm³/mol. The highest BCUT2D eigenvalue weighted by molar-refractivity contribution is 5.94. The van der Waals surface area contributed by atoms with E-state index in [4.69, 9.17) is 18.6 Å². The summed E-state index contributed by atoms with van der Waals surface area (Å²) >= 11 is 0. The maximum absolute atomic E-state index is 13.2. The summed E-state index contributed by atoms with van der Waals surface area (Å²) in [6, 6.07) is 9.93. The van der Waals surface area contributed by atoms with E-state index in [0.717, 1.165) is 12.1 Å². The first-order chi connectivity index (χ1) is 18.1. The van der Waals surface area contributed by atoms with Gasteiger partial charge in [-0.2, -0.15) is 0 Å². The van der Waals surface area contributed by atoms with Gasteiger partial charge in [0, 0.05) is 23.1 Å². The molecule has 5 rings (SSSR count). The number of methoxy groups -OCH3 is 1. The van der Waals surface area contributed by atoms with Crippen LogP contribution in [-0.4, -0.2) is 39.6 Å². The van der Waals surface area contributed by atoms with Crippen LogP contribution in [-0.2, 0) is 4.79 Å². The summed E-state index contributed by atoms with van der Waals surface area (Å²) in [5.74, 6) is -2.87. The van der Waals surface area contributed by atoms with E-state index in [1.54, 1.807) is 18.2 Å². The van der Waals surface area contributed by atoms with Gasteiger partial charge in [0.05, 0.1) is 19.6 Å². The second-order valence-corrected chi connectivity index (χ2v) is 9.13. The normalized spacial score (nSPS) is 14.8. The third-order valence-corrected chi connectivity index (χ3v) is 6.26. The van der Waals surface area contributed by atoms with Gasteiger partial charge in [0.2, 0.25) is 11.2 Å². The van der Waals surface area contributed by atoms with Gasteiger partial charge in [0.25, 0.3) is 0 Å². The molecule has 1 aliphatic heterocycles. The van der Waals surface area contributed by atoms with Crippen molar-refractivity contribution in [3.8, 4) is 51.6 Å². The Morgan fingerprint density at radius 1 is 0.921 bits per heavy atom. The zero-order valence-corrected chi connectivity index (χ0v) is 20.6. The zero-order chi connectivity index (χ0) is 27.3. The fourth-order valence-electron chi connectivity index (χ4n) is 4.58. The minimum Gasteiger partial charge on any atom is -0.507 e. The second-order valence-electron chi connectivity index (χ2n) is 9.13. The van der Waals surface area contributed by atoms with E-state index in [0.29, 0.717) is 22.6 Å². The molecule has 0 saturated carbocycles. The van der Waals surface area contributed by atoms with Gasteiger partial charge in [-0.15, -0.1) is 0 Å². The molecule has 38 heavy (non-hydrogen) atoms. The van der Waals surface area contributed by atoms with Gasteiger partial charge in [-0.3, -0.25) is 9.59 Å². The summed E-state index contributed by atoms with van der Waals surface area (Å²) in [4.78, 5) is 25.8. The monoisotopic (exact) mass is 520 g/mol. The minimum absolute atomic E-state index is 0.00765. The lowest BCUT2D eigenvalue weighted by Crippen LogP contribution is -2.22. The molecule has 196 valence electrons. The molecule has 0 radical (unpaired) electrons. The van der Waals surface area contributed by atoms with Gasteiger partial charge >= 0.3 is 5.97 Å². The number of benzene rings is 3. The Bertz CT molecular complexity index is 1650. The largest absolute Gasteiger partial charge is 0.507 e. The number of carbonyl (C=O) groups excluding carboxylic acids is 1. The summed E-state index contributed by atoms with van der Waals surface area (Å²) in [5.41, 5.74) is -0.00560. The van der Waals surface area contributed by atoms with Gasteiger partial charge in [-0.1, -0.05) is 6.07 Å². The molecule has 1 aromatic heterocycles. The third-order valence-electron chi connectivity index (χ3n) is 6.26. The van der Waals surface area contributed by atoms with E-state index in [9.17, 15) is 30.0 Å². The van der Waals surface area contributed by atoms with Crippen LogP contribution in [0.4, 0.5) is 0 Å². The first-order valence-electron chi connectivity index (χ1n) is 11.7. The second kappa shape index (κ2) is 9.22. The van der Waals surface area contributed by atoms with Crippen molar-refractivity contribution in [2.24, 2.45) is 0 Å². The molecule has 2 heterocycles. The van der Waals surface area contributed by atoms with E-state index >= 15 is 0 Å². The lowest BCUT2D eigenvalue weighted by Gasteiger charge is -2.27. The molecule has 0 aliphatic carbocycles. The minimum atomic E-state index is -0.927. The number of aromatic hydroxyl groups is 4. The summed E-state index contributed by atoms with van der Waals surface area (Å²) in [6.45, 7) is 3.72. The molecule has 3 aromatic carbocycles. The molecule has 0 bridgehead atoms. The Kier molecular flexibility index (Phi) is 6.02. The van der Waals surface area contributed by atoms with Crippen molar-refractivity contribution in [3.05, 3.63) is 63.8 Å². The van der Waals surface area contributed by atoms with E-state index in [1.165, 1.54) is 19.2 Å². The van der Waals surface area contributed by atoms with Crippen LogP contribution in [0.5, 0.6) is 40.2 Å². The van der Waals surface area contributed by atoms with Gasteiger partial charge in [0.15, 0.2) is 28.8 Å². The molecule has 0 saturated heterocycles. The molecular weight excluding hydrogens is 496 g/mol. The molecule has 0 spiro atoms. The number of ether oxygens (including phenoxy) is 3. The van der Waals surface area contributed by atoms with E-state index in [2.05, 4.69) is 0 Å². The zero-order valence-electron chi connectivity index (χ0n) is 20.6. The molecule has 4 aromatic rings. The lowest BCUT2D eigenvalue weighted by molar-refractivity contribution is -0.135. The average molecular weight is 520 g/mol. The molecule has 10 heteroatoms. The summed E-state index contributed by atoms with van der Waals surface area (Å²) in [6.07, 6.45) is -0.272. The van der Waals surface area contributed by atoms with Crippen molar-refractivity contribution in [2.45, 2.75) is 32.3 Å². The van der Waals surface area contributed by atoms with Crippen molar-refractivity contribution in [2.75, 3.05) is 7.11 Å². The number of phenols is 3. The summed E-state index contributed by atoms with van der Waals surface area (Å²) in [5, 5.41) is 40.6. The average Bonchev–Trinajstić information content (AvgIpc) is 2.86. The van der Waals surface area contributed by atoms with Crippen LogP contribution in [0.3, 0.4) is 0 Å². The number of phenolic OH excluding ortho intramolecular Hbond substituents is 3. The SMILES string of the molecule is COc1ccc([C@@H]2CC(=O)Oc3cc(O)c4c(=O)c(O)c(-c5ccc(O)c(O)c5)oc4c32)cc1OC(C)C. The van der Waals surface area contributed by atoms with Crippen LogP contribution >= 0.6 is 0 Å². The molecular formula is C28H24O10. The van der Waals surface area contributed by atoms with Gasteiger partial charge in [0.1, 0.15) is 22.5 Å². The smallest absolute Gasteiger partial charge is 0.312 e. The van der Waals surface area contributed by atoms with Gasteiger partial charge in [-0.25, -0.2) is 0 Å². The van der Waals surface area contributed by atoms with Crippen molar-refractivity contribution in [1.82, 2.24) is 0 Å². The Hall–Kier alpha value is -4.86. The standard InChI is InChI=1S/C28H24O10/c1-12(2)36-20-9-13(5-7-19(20)35-3)15-10-22(32)37-21-11-18(31)24-25(33)26(34)27(38-28(24)23(15)21)14-4-6-16(29)17(30)8-14/h4-9,11-12,15,29-31,34H,10H2,1-3H3/t15-/m0/s1. The predicted octanol–water partition coefficient (Wildman–Crippen LogP) is 4.52. The Morgan fingerprint density at radius 3 is 2.37 bits per heavy atom. The Labute approximate surface area is 215 Å². The first kappa shape index (κ1) is 24.8. The molecule has 4 N–H and O–H groups in total. The van der Waals surface area contributed by atoms with E-state index in [1.807, 2.05) is 13.8 Å². The van der Waals surface area contributed by atoms with E-state index < -0.39 is 40.3 Å². The van der Waals surface area contributed by atoms with Crippen LogP contribution < -0.4 is 19.6 Å². The van der Waals surface area contributed by atoms with Crippen LogP contribution in [0, 0.1) is 0 Å². The van der Waals surface area contributed by atoms with Crippen molar-refractivity contribution >= 4 is 16.9 Å². The number of rotatable bonds is 5. The Balaban J connectivity index is 1.80. The fourth-order valence-corrected chi connectivity index (χ4v) is 4.58. The van der Waals surface area contributed by atoms with Crippen molar-refractivity contribution in [1.29, 1.82) is 0 Å². The van der Waals surface area contributed by atoms with Crippen molar-refractivity contribution in [3.63, 3.8) is 0 Å². The number of fused-ring (bicyclic) bond motifs is 3. The highest BCUT2D eigenvalue weighted by Crippen LogP contribution is 2.48. The quantitative estimate of drug-likeness (QED) is 0.168. The first-order valence-corrected chi connectivity index (χ1v) is 11.7. The van der Waals surface area contributed by atoms with E-state index in [-0.39, 0.29) is 40.6 Å². The third kappa shape index (κ3) is 4.09.